The predicted molar refractivity (Wildman–Crippen MR) is 101 cm³/mol. The van der Waals surface area contributed by atoms with Crippen LogP contribution >= 0.6 is 0 Å². The zero-order valence-electron chi connectivity index (χ0n) is 15.2. The molecule has 1 aromatic heterocycles. The summed E-state index contributed by atoms with van der Waals surface area (Å²) in [5.74, 6) is -0.0364. The fourth-order valence-corrected chi connectivity index (χ4v) is 3.08. The number of likely N-dealkylation sites (tertiary alicyclic amines) is 1. The van der Waals surface area contributed by atoms with Crippen LogP contribution in [-0.4, -0.2) is 54.9 Å². The Hall–Kier alpha value is -2.89. The molecule has 2 heterocycles. The summed E-state index contributed by atoms with van der Waals surface area (Å²) < 4.78 is 0. The van der Waals surface area contributed by atoms with Crippen molar-refractivity contribution in [3.05, 3.63) is 59.9 Å². The molecule has 1 fully saturated rings. The number of nitrogens with one attached hydrogen (secondary N) is 1. The smallest absolute Gasteiger partial charge is 0.253 e. The SMILES string of the molecule is CN(C)c1ccc(C(=O)N2CCC(NC(=O)c3ccncc3)CC2)cc1. The van der Waals surface area contributed by atoms with Gasteiger partial charge in [-0.2, -0.15) is 0 Å². The highest BCUT2D eigenvalue weighted by molar-refractivity contribution is 5.95. The zero-order chi connectivity index (χ0) is 18.5. The van der Waals surface area contributed by atoms with Crippen LogP contribution in [0.4, 0.5) is 5.69 Å². The van der Waals surface area contributed by atoms with E-state index >= 15 is 0 Å². The summed E-state index contributed by atoms with van der Waals surface area (Å²) in [7, 11) is 3.95. The van der Waals surface area contributed by atoms with Crippen molar-refractivity contribution < 1.29 is 9.59 Å². The third-order valence-electron chi connectivity index (χ3n) is 4.69. The van der Waals surface area contributed by atoms with Crippen molar-refractivity contribution in [3.63, 3.8) is 0 Å². The van der Waals surface area contributed by atoms with Crippen molar-refractivity contribution in [1.82, 2.24) is 15.2 Å². The van der Waals surface area contributed by atoms with E-state index in [1.54, 1.807) is 24.5 Å². The molecule has 0 spiro atoms. The second kappa shape index (κ2) is 7.99. The molecule has 0 atom stereocenters. The molecule has 0 aliphatic carbocycles. The highest BCUT2D eigenvalue weighted by Crippen LogP contribution is 2.17. The third kappa shape index (κ3) is 4.20. The highest BCUT2D eigenvalue weighted by Gasteiger charge is 2.24. The molecule has 26 heavy (non-hydrogen) atoms. The minimum absolute atomic E-state index is 0.0502. The highest BCUT2D eigenvalue weighted by atomic mass is 16.2. The molecule has 0 saturated carbocycles. The van der Waals surface area contributed by atoms with Gasteiger partial charge in [0.05, 0.1) is 0 Å². The summed E-state index contributed by atoms with van der Waals surface area (Å²) in [5.41, 5.74) is 2.38. The van der Waals surface area contributed by atoms with Gasteiger partial charge in [0.1, 0.15) is 0 Å². The first-order chi connectivity index (χ1) is 12.5. The standard InChI is InChI=1S/C20H24N4O2/c1-23(2)18-5-3-16(4-6-18)20(26)24-13-9-17(10-14-24)22-19(25)15-7-11-21-12-8-15/h3-8,11-12,17H,9-10,13-14H2,1-2H3,(H,22,25). The molecule has 2 amide bonds. The number of amides is 2. The molecule has 6 nitrogen and oxygen atoms in total. The summed E-state index contributed by atoms with van der Waals surface area (Å²) in [5, 5.41) is 3.04. The number of benzene rings is 1. The van der Waals surface area contributed by atoms with E-state index in [1.807, 2.05) is 48.2 Å². The lowest BCUT2D eigenvalue weighted by atomic mass is 10.0. The molecule has 6 heteroatoms. The van der Waals surface area contributed by atoms with Gasteiger partial charge in [-0.3, -0.25) is 14.6 Å². The van der Waals surface area contributed by atoms with E-state index in [1.165, 1.54) is 0 Å². The Morgan fingerprint density at radius 3 is 2.19 bits per heavy atom. The Morgan fingerprint density at radius 2 is 1.62 bits per heavy atom. The van der Waals surface area contributed by atoms with E-state index < -0.39 is 0 Å². The van der Waals surface area contributed by atoms with Crippen LogP contribution in [0.15, 0.2) is 48.8 Å². The first kappa shape index (κ1) is 17.9. The molecule has 1 aliphatic rings. The summed E-state index contributed by atoms with van der Waals surface area (Å²) in [6.45, 7) is 1.30. The molecule has 0 bridgehead atoms. The summed E-state index contributed by atoms with van der Waals surface area (Å²) in [4.78, 5) is 32.6. The molecule has 0 unspecified atom stereocenters. The number of carbonyl (C=O) groups is 2. The molecule has 1 saturated heterocycles. The lowest BCUT2D eigenvalue weighted by molar-refractivity contribution is 0.0698. The van der Waals surface area contributed by atoms with Crippen molar-refractivity contribution in [3.8, 4) is 0 Å². The monoisotopic (exact) mass is 352 g/mol. The lowest BCUT2D eigenvalue weighted by Gasteiger charge is -2.32. The van der Waals surface area contributed by atoms with E-state index in [0.29, 0.717) is 24.2 Å². The predicted octanol–water partition coefficient (Wildman–Crippen LogP) is 2.18. The number of carbonyl (C=O) groups excluding carboxylic acids is 2. The summed E-state index contributed by atoms with van der Waals surface area (Å²) in [6, 6.07) is 11.1. The van der Waals surface area contributed by atoms with E-state index in [2.05, 4.69) is 10.3 Å². The van der Waals surface area contributed by atoms with Crippen molar-refractivity contribution >= 4 is 17.5 Å². The van der Waals surface area contributed by atoms with Crippen LogP contribution in [0.25, 0.3) is 0 Å². The largest absolute Gasteiger partial charge is 0.378 e. The van der Waals surface area contributed by atoms with Gasteiger partial charge in [-0.25, -0.2) is 0 Å². The van der Waals surface area contributed by atoms with Crippen molar-refractivity contribution in [1.29, 1.82) is 0 Å². The van der Waals surface area contributed by atoms with E-state index in [-0.39, 0.29) is 17.9 Å². The van der Waals surface area contributed by atoms with Gasteiger partial charge in [0, 0.05) is 62.4 Å². The number of anilines is 1. The number of piperidine rings is 1. The lowest BCUT2D eigenvalue weighted by Crippen LogP contribution is -2.46. The van der Waals surface area contributed by atoms with Gasteiger partial charge in [0.25, 0.3) is 11.8 Å². The van der Waals surface area contributed by atoms with Crippen LogP contribution in [0.2, 0.25) is 0 Å². The van der Waals surface area contributed by atoms with Crippen LogP contribution in [-0.2, 0) is 0 Å². The topological polar surface area (TPSA) is 65.5 Å². The van der Waals surface area contributed by atoms with Gasteiger partial charge in [-0.1, -0.05) is 0 Å². The Labute approximate surface area is 153 Å². The van der Waals surface area contributed by atoms with Crippen LogP contribution in [0.3, 0.4) is 0 Å². The minimum atomic E-state index is -0.0866. The molecule has 3 rings (SSSR count). The number of rotatable bonds is 4. The van der Waals surface area contributed by atoms with Gasteiger partial charge in [-0.15, -0.1) is 0 Å². The quantitative estimate of drug-likeness (QED) is 0.916. The zero-order valence-corrected chi connectivity index (χ0v) is 15.2. The molecular weight excluding hydrogens is 328 g/mol. The molecule has 0 radical (unpaired) electrons. The summed E-state index contributed by atoms with van der Waals surface area (Å²) >= 11 is 0. The first-order valence-electron chi connectivity index (χ1n) is 8.82. The second-order valence-electron chi connectivity index (χ2n) is 6.72. The van der Waals surface area contributed by atoms with E-state index in [0.717, 1.165) is 18.5 Å². The maximum absolute atomic E-state index is 12.6. The fraction of sp³-hybridized carbons (Fsp3) is 0.350. The average molecular weight is 352 g/mol. The van der Waals surface area contributed by atoms with Crippen molar-refractivity contribution in [2.75, 3.05) is 32.1 Å². The van der Waals surface area contributed by atoms with Crippen molar-refractivity contribution in [2.45, 2.75) is 18.9 Å². The Bertz CT molecular complexity index is 751. The van der Waals surface area contributed by atoms with Gasteiger partial charge in [-0.05, 0) is 49.2 Å². The van der Waals surface area contributed by atoms with Gasteiger partial charge < -0.3 is 15.1 Å². The Morgan fingerprint density at radius 1 is 1.00 bits per heavy atom. The Balaban J connectivity index is 1.53. The van der Waals surface area contributed by atoms with Gasteiger partial charge >= 0.3 is 0 Å². The van der Waals surface area contributed by atoms with Crippen LogP contribution in [0.1, 0.15) is 33.6 Å². The minimum Gasteiger partial charge on any atom is -0.378 e. The van der Waals surface area contributed by atoms with Crippen molar-refractivity contribution in [2.24, 2.45) is 0 Å². The number of hydrogen-bond donors (Lipinski definition) is 1. The molecule has 2 aromatic rings. The maximum Gasteiger partial charge on any atom is 0.253 e. The van der Waals surface area contributed by atoms with Gasteiger partial charge in [0.2, 0.25) is 0 Å². The number of pyridine rings is 1. The summed E-state index contributed by atoms with van der Waals surface area (Å²) in [6.07, 6.45) is 4.74. The van der Waals surface area contributed by atoms with Crippen LogP contribution in [0, 0.1) is 0 Å². The fourth-order valence-electron chi connectivity index (χ4n) is 3.08. The average Bonchev–Trinajstić information content (AvgIpc) is 2.69. The number of aromatic nitrogens is 1. The maximum atomic E-state index is 12.6. The number of hydrogen-bond acceptors (Lipinski definition) is 4. The molecule has 1 N–H and O–H groups in total. The normalized spacial score (nSPS) is 14.8. The molecule has 136 valence electrons. The van der Waals surface area contributed by atoms with Crippen LogP contribution in [0.5, 0.6) is 0 Å². The van der Waals surface area contributed by atoms with Gasteiger partial charge in [0.15, 0.2) is 0 Å². The molecule has 1 aliphatic heterocycles. The second-order valence-corrected chi connectivity index (χ2v) is 6.72. The molecular formula is C20H24N4O2. The Kier molecular flexibility index (Phi) is 5.51. The van der Waals surface area contributed by atoms with E-state index in [4.69, 9.17) is 0 Å². The first-order valence-corrected chi connectivity index (χ1v) is 8.82. The van der Waals surface area contributed by atoms with E-state index in [9.17, 15) is 9.59 Å². The third-order valence-corrected chi connectivity index (χ3v) is 4.69. The molecule has 1 aromatic carbocycles. The number of nitrogens with zero attached hydrogens (tertiary/aromatic N) is 3. The van der Waals surface area contributed by atoms with Crippen LogP contribution < -0.4 is 10.2 Å².